The van der Waals surface area contributed by atoms with Crippen LogP contribution in [0.5, 0.6) is 11.5 Å². The van der Waals surface area contributed by atoms with Crippen molar-refractivity contribution < 1.29 is 19.0 Å². The minimum absolute atomic E-state index is 0.0754. The molecule has 0 atom stereocenters. The fourth-order valence-electron chi connectivity index (χ4n) is 3.39. The first-order valence-electron chi connectivity index (χ1n) is 9.10. The summed E-state index contributed by atoms with van der Waals surface area (Å²) >= 11 is 0. The van der Waals surface area contributed by atoms with E-state index in [1.807, 2.05) is 65.5 Å². The number of hydrogen-bond donors (Lipinski definition) is 0. The third kappa shape index (κ3) is 3.41. The summed E-state index contributed by atoms with van der Waals surface area (Å²) in [5, 5.41) is 0. The van der Waals surface area contributed by atoms with Crippen LogP contribution in [0.25, 0.3) is 5.69 Å². The molecule has 1 aliphatic rings. The first kappa shape index (κ1) is 18.0. The zero-order valence-corrected chi connectivity index (χ0v) is 15.9. The first-order chi connectivity index (χ1) is 13.7. The maximum Gasteiger partial charge on any atom is 0.340 e. The van der Waals surface area contributed by atoms with Gasteiger partial charge in [0, 0.05) is 18.5 Å². The second kappa shape index (κ2) is 7.68. The lowest BCUT2D eigenvalue weighted by molar-refractivity contribution is 0.0601. The molecule has 4 rings (SSSR count). The van der Waals surface area contributed by atoms with Gasteiger partial charge < -0.3 is 23.7 Å². The molecule has 0 N–H and O–H groups in total. The molecule has 0 spiro atoms. The standard InChI is InChI=1S/C22H22N2O4/c1-26-16-7-5-8-17(13-16)28-18-14-24(15-18)20-10-6-9-19(22(25)27-2)21(20)23-11-3-4-12-23/h3-13,18H,14-15H2,1-2H3. The van der Waals surface area contributed by atoms with Gasteiger partial charge in [-0.3, -0.25) is 0 Å². The normalized spacial score (nSPS) is 13.7. The highest BCUT2D eigenvalue weighted by molar-refractivity contribution is 5.96. The summed E-state index contributed by atoms with van der Waals surface area (Å²) in [5.74, 6) is 1.21. The number of methoxy groups -OCH3 is 2. The highest BCUT2D eigenvalue weighted by Gasteiger charge is 2.32. The Labute approximate surface area is 163 Å². The molecule has 28 heavy (non-hydrogen) atoms. The molecule has 1 aromatic heterocycles. The number of para-hydroxylation sites is 1. The van der Waals surface area contributed by atoms with Gasteiger partial charge in [0.05, 0.1) is 44.2 Å². The van der Waals surface area contributed by atoms with Gasteiger partial charge in [-0.15, -0.1) is 0 Å². The van der Waals surface area contributed by atoms with Crippen molar-refractivity contribution in [3.63, 3.8) is 0 Å². The third-order valence-electron chi connectivity index (χ3n) is 4.82. The molecule has 6 heteroatoms. The Morgan fingerprint density at radius 3 is 2.39 bits per heavy atom. The zero-order chi connectivity index (χ0) is 19.5. The molecule has 2 heterocycles. The molecule has 0 radical (unpaired) electrons. The smallest absolute Gasteiger partial charge is 0.340 e. The second-order valence-corrected chi connectivity index (χ2v) is 6.58. The first-order valence-corrected chi connectivity index (χ1v) is 9.10. The van der Waals surface area contributed by atoms with Gasteiger partial charge in [0.1, 0.15) is 17.6 Å². The molecule has 1 fully saturated rings. The average molecular weight is 378 g/mol. The topological polar surface area (TPSA) is 52.9 Å². The van der Waals surface area contributed by atoms with Crippen molar-refractivity contribution in [2.45, 2.75) is 6.10 Å². The van der Waals surface area contributed by atoms with Crippen LogP contribution in [0, 0.1) is 0 Å². The van der Waals surface area contributed by atoms with E-state index in [9.17, 15) is 4.79 Å². The van der Waals surface area contributed by atoms with Crippen LogP contribution in [0.1, 0.15) is 10.4 Å². The predicted octanol–water partition coefficient (Wildman–Crippen LogP) is 3.54. The van der Waals surface area contributed by atoms with Crippen LogP contribution in [-0.2, 0) is 4.74 Å². The summed E-state index contributed by atoms with van der Waals surface area (Å²) in [7, 11) is 3.04. The van der Waals surface area contributed by atoms with Crippen molar-refractivity contribution in [3.8, 4) is 17.2 Å². The van der Waals surface area contributed by atoms with Crippen molar-refractivity contribution in [1.82, 2.24) is 4.57 Å². The molecule has 0 amide bonds. The number of carbonyl (C=O) groups excluding carboxylic acids is 1. The molecular weight excluding hydrogens is 356 g/mol. The number of aromatic nitrogens is 1. The highest BCUT2D eigenvalue weighted by atomic mass is 16.5. The predicted molar refractivity (Wildman–Crippen MR) is 107 cm³/mol. The molecule has 0 bridgehead atoms. The Balaban J connectivity index is 1.55. The minimum atomic E-state index is -0.352. The number of carbonyl (C=O) groups is 1. The highest BCUT2D eigenvalue weighted by Crippen LogP contribution is 2.33. The van der Waals surface area contributed by atoms with Crippen LogP contribution < -0.4 is 14.4 Å². The monoisotopic (exact) mass is 378 g/mol. The van der Waals surface area contributed by atoms with E-state index in [1.54, 1.807) is 13.2 Å². The number of benzene rings is 2. The summed E-state index contributed by atoms with van der Waals surface area (Å²) in [6, 6.07) is 17.2. The van der Waals surface area contributed by atoms with E-state index < -0.39 is 0 Å². The van der Waals surface area contributed by atoms with Crippen molar-refractivity contribution in [1.29, 1.82) is 0 Å². The lowest BCUT2D eigenvalue weighted by Crippen LogP contribution is -2.54. The van der Waals surface area contributed by atoms with Gasteiger partial charge in [-0.25, -0.2) is 4.79 Å². The Morgan fingerprint density at radius 2 is 1.68 bits per heavy atom. The lowest BCUT2D eigenvalue weighted by atomic mass is 10.1. The van der Waals surface area contributed by atoms with Gasteiger partial charge in [-0.2, -0.15) is 0 Å². The third-order valence-corrected chi connectivity index (χ3v) is 4.82. The lowest BCUT2D eigenvalue weighted by Gasteiger charge is -2.41. The summed E-state index contributed by atoms with van der Waals surface area (Å²) in [4.78, 5) is 14.5. The van der Waals surface area contributed by atoms with Crippen LogP contribution in [0.4, 0.5) is 5.69 Å². The number of hydrogen-bond acceptors (Lipinski definition) is 5. The van der Waals surface area contributed by atoms with Gasteiger partial charge in [0.2, 0.25) is 0 Å². The van der Waals surface area contributed by atoms with E-state index in [0.717, 1.165) is 36.0 Å². The molecule has 6 nitrogen and oxygen atoms in total. The number of rotatable bonds is 6. The van der Waals surface area contributed by atoms with Crippen LogP contribution in [0.3, 0.4) is 0 Å². The van der Waals surface area contributed by atoms with E-state index in [4.69, 9.17) is 14.2 Å². The van der Waals surface area contributed by atoms with E-state index in [-0.39, 0.29) is 12.1 Å². The van der Waals surface area contributed by atoms with Gasteiger partial charge in [0.15, 0.2) is 0 Å². The molecule has 1 saturated heterocycles. The molecule has 0 unspecified atom stereocenters. The van der Waals surface area contributed by atoms with Gasteiger partial charge in [-0.1, -0.05) is 12.1 Å². The fourth-order valence-corrected chi connectivity index (χ4v) is 3.39. The van der Waals surface area contributed by atoms with Gasteiger partial charge in [0.25, 0.3) is 0 Å². The van der Waals surface area contributed by atoms with Crippen molar-refractivity contribution >= 4 is 11.7 Å². The zero-order valence-electron chi connectivity index (χ0n) is 15.9. The molecule has 144 valence electrons. The summed E-state index contributed by atoms with van der Waals surface area (Å²) in [5.41, 5.74) is 2.33. The van der Waals surface area contributed by atoms with Crippen molar-refractivity contribution in [2.24, 2.45) is 0 Å². The molecule has 0 aliphatic carbocycles. The Hall–Kier alpha value is -3.41. The van der Waals surface area contributed by atoms with Gasteiger partial charge in [-0.05, 0) is 36.4 Å². The summed E-state index contributed by atoms with van der Waals surface area (Å²) in [6.45, 7) is 1.46. The molecule has 0 saturated carbocycles. The van der Waals surface area contributed by atoms with E-state index in [0.29, 0.717) is 5.56 Å². The van der Waals surface area contributed by atoms with Crippen molar-refractivity contribution in [2.75, 3.05) is 32.2 Å². The van der Waals surface area contributed by atoms with E-state index >= 15 is 0 Å². The fraction of sp³-hybridized carbons (Fsp3) is 0.227. The average Bonchev–Trinajstić information content (AvgIpc) is 3.24. The molecular formula is C22H22N2O4. The minimum Gasteiger partial charge on any atom is -0.497 e. The van der Waals surface area contributed by atoms with Gasteiger partial charge >= 0.3 is 5.97 Å². The molecule has 1 aliphatic heterocycles. The van der Waals surface area contributed by atoms with Crippen LogP contribution in [0.15, 0.2) is 67.0 Å². The number of ether oxygens (including phenoxy) is 3. The summed E-state index contributed by atoms with van der Waals surface area (Å²) in [6.07, 6.45) is 3.93. The van der Waals surface area contributed by atoms with Crippen LogP contribution >= 0.6 is 0 Å². The second-order valence-electron chi connectivity index (χ2n) is 6.58. The van der Waals surface area contributed by atoms with Crippen molar-refractivity contribution in [3.05, 3.63) is 72.6 Å². The van der Waals surface area contributed by atoms with E-state index in [1.165, 1.54) is 7.11 Å². The quantitative estimate of drug-likeness (QED) is 0.614. The Morgan fingerprint density at radius 1 is 0.964 bits per heavy atom. The Kier molecular flexibility index (Phi) is 4.93. The number of anilines is 1. The molecule has 3 aromatic rings. The maximum atomic E-state index is 12.3. The number of esters is 1. The van der Waals surface area contributed by atoms with Crippen LogP contribution in [0.2, 0.25) is 0 Å². The van der Waals surface area contributed by atoms with Crippen LogP contribution in [-0.4, -0.2) is 43.9 Å². The Bertz CT molecular complexity index is 962. The largest absolute Gasteiger partial charge is 0.497 e. The SMILES string of the molecule is COC(=O)c1cccc(N2CC(Oc3cccc(OC)c3)C2)c1-n1cccc1. The number of nitrogens with zero attached hydrogens (tertiary/aromatic N) is 2. The summed E-state index contributed by atoms with van der Waals surface area (Å²) < 4.78 is 18.2. The van der Waals surface area contributed by atoms with E-state index in [2.05, 4.69) is 4.90 Å². The maximum absolute atomic E-state index is 12.3. The molecule has 2 aromatic carbocycles.